The van der Waals surface area contributed by atoms with Gasteiger partial charge in [-0.25, -0.2) is 5.10 Å². The van der Waals surface area contributed by atoms with Crippen LogP contribution in [0.5, 0.6) is 11.5 Å². The van der Waals surface area contributed by atoms with Gasteiger partial charge >= 0.3 is 0 Å². The molecular formula is C16H10N4O2S. The smallest absolute Gasteiger partial charge is 0.286 e. The van der Waals surface area contributed by atoms with Crippen molar-refractivity contribution in [1.29, 1.82) is 0 Å². The third-order valence-corrected chi connectivity index (χ3v) is 4.12. The predicted molar refractivity (Wildman–Crippen MR) is 87.8 cm³/mol. The van der Waals surface area contributed by atoms with Crippen LogP contribution in [-0.2, 0) is 0 Å². The zero-order valence-corrected chi connectivity index (χ0v) is 12.6. The van der Waals surface area contributed by atoms with Crippen molar-refractivity contribution in [2.75, 3.05) is 0 Å². The summed E-state index contributed by atoms with van der Waals surface area (Å²) in [5.74, 6) is 1.50. The molecule has 2 aromatic carbocycles. The van der Waals surface area contributed by atoms with Crippen molar-refractivity contribution in [2.24, 2.45) is 0 Å². The first kappa shape index (κ1) is 13.6. The third kappa shape index (κ3) is 2.58. The van der Waals surface area contributed by atoms with Crippen LogP contribution in [0.3, 0.4) is 0 Å². The number of aromatic amines is 1. The Bertz CT molecular complexity index is 1010. The van der Waals surface area contributed by atoms with Crippen LogP contribution in [0.15, 0.2) is 59.4 Å². The maximum absolute atomic E-state index is 11.7. The minimum atomic E-state index is -0.275. The molecule has 2 aromatic heterocycles. The average molecular weight is 322 g/mol. The summed E-state index contributed by atoms with van der Waals surface area (Å²) in [7, 11) is 0. The molecule has 1 N–H and O–H groups in total. The number of nitrogens with zero attached hydrogens (tertiary/aromatic N) is 3. The monoisotopic (exact) mass is 322 g/mol. The molecule has 0 aliphatic carbocycles. The van der Waals surface area contributed by atoms with Crippen molar-refractivity contribution >= 4 is 21.7 Å². The molecule has 0 spiro atoms. The standard InChI is InChI=1S/C16H10N4O2S/c21-16-15-14(17-20-18-16)13(19-23-15)10-6-8-12(9-7-10)22-11-4-2-1-3-5-11/h1-9H,(H,17,18,21). The molecule has 7 heteroatoms. The van der Waals surface area contributed by atoms with Crippen molar-refractivity contribution in [3.05, 3.63) is 65.0 Å². The number of para-hydroxylation sites is 1. The van der Waals surface area contributed by atoms with E-state index in [1.807, 2.05) is 54.6 Å². The molecule has 0 fully saturated rings. The summed E-state index contributed by atoms with van der Waals surface area (Å²) >= 11 is 1.11. The molecule has 0 radical (unpaired) electrons. The summed E-state index contributed by atoms with van der Waals surface area (Å²) in [6.45, 7) is 0. The normalized spacial score (nSPS) is 10.8. The van der Waals surface area contributed by atoms with E-state index in [9.17, 15) is 4.79 Å². The number of hydrogen-bond acceptors (Lipinski definition) is 6. The van der Waals surface area contributed by atoms with Crippen LogP contribution in [0.1, 0.15) is 0 Å². The molecule has 112 valence electrons. The van der Waals surface area contributed by atoms with E-state index < -0.39 is 0 Å². The van der Waals surface area contributed by atoms with Gasteiger partial charge in [0.05, 0.1) is 0 Å². The van der Waals surface area contributed by atoms with E-state index in [0.717, 1.165) is 28.6 Å². The highest BCUT2D eigenvalue weighted by Crippen LogP contribution is 2.29. The SMILES string of the molecule is O=c1[nH]nnc2c(-c3ccc(Oc4ccccc4)cc3)nsc12. The Balaban J connectivity index is 1.67. The Morgan fingerprint density at radius 3 is 2.48 bits per heavy atom. The first-order valence-electron chi connectivity index (χ1n) is 6.85. The Kier molecular flexibility index (Phi) is 3.32. The molecule has 0 aliphatic rings. The number of aromatic nitrogens is 4. The number of ether oxygens (including phenoxy) is 1. The van der Waals surface area contributed by atoms with Gasteiger partial charge in [0, 0.05) is 5.56 Å². The first-order valence-corrected chi connectivity index (χ1v) is 7.63. The van der Waals surface area contributed by atoms with Crippen LogP contribution >= 0.6 is 11.5 Å². The van der Waals surface area contributed by atoms with Crippen LogP contribution < -0.4 is 10.3 Å². The Morgan fingerprint density at radius 2 is 1.70 bits per heavy atom. The quantitative estimate of drug-likeness (QED) is 0.626. The maximum atomic E-state index is 11.7. The molecule has 4 rings (SSSR count). The molecule has 0 saturated heterocycles. The van der Waals surface area contributed by atoms with Crippen LogP contribution in [0.4, 0.5) is 0 Å². The molecule has 0 saturated carbocycles. The summed E-state index contributed by atoms with van der Waals surface area (Å²) in [4.78, 5) is 11.7. The van der Waals surface area contributed by atoms with Crippen LogP contribution in [0.25, 0.3) is 21.5 Å². The minimum absolute atomic E-state index is 0.275. The lowest BCUT2D eigenvalue weighted by atomic mass is 10.1. The van der Waals surface area contributed by atoms with Gasteiger partial charge in [0.1, 0.15) is 27.4 Å². The molecule has 0 bridgehead atoms. The average Bonchev–Trinajstić information content (AvgIpc) is 3.02. The molecule has 0 aliphatic heterocycles. The molecule has 0 amide bonds. The van der Waals surface area contributed by atoms with E-state index in [-0.39, 0.29) is 5.56 Å². The highest BCUT2D eigenvalue weighted by Gasteiger charge is 2.13. The van der Waals surface area contributed by atoms with E-state index in [1.165, 1.54) is 0 Å². The second kappa shape index (κ2) is 5.62. The fraction of sp³-hybridized carbons (Fsp3) is 0. The second-order valence-corrected chi connectivity index (χ2v) is 5.56. The van der Waals surface area contributed by atoms with Gasteiger partial charge in [-0.2, -0.15) is 4.37 Å². The lowest BCUT2D eigenvalue weighted by Crippen LogP contribution is -2.07. The van der Waals surface area contributed by atoms with Gasteiger partial charge in [-0.3, -0.25) is 4.79 Å². The fourth-order valence-electron chi connectivity index (χ4n) is 2.19. The molecule has 0 atom stereocenters. The van der Waals surface area contributed by atoms with E-state index in [0.29, 0.717) is 15.9 Å². The van der Waals surface area contributed by atoms with Crippen LogP contribution in [0.2, 0.25) is 0 Å². The maximum Gasteiger partial charge on any atom is 0.286 e. The van der Waals surface area contributed by atoms with Gasteiger partial charge in [-0.15, -0.1) is 5.10 Å². The van der Waals surface area contributed by atoms with Gasteiger partial charge < -0.3 is 4.74 Å². The van der Waals surface area contributed by atoms with Gasteiger partial charge in [0.25, 0.3) is 5.56 Å². The molecule has 6 nitrogen and oxygen atoms in total. The lowest BCUT2D eigenvalue weighted by molar-refractivity contribution is 0.483. The van der Waals surface area contributed by atoms with Crippen LogP contribution in [-0.4, -0.2) is 19.8 Å². The predicted octanol–water partition coefficient (Wildman–Crippen LogP) is 3.23. The Labute approximate surface area is 134 Å². The van der Waals surface area contributed by atoms with Gasteiger partial charge in [-0.05, 0) is 47.9 Å². The fourth-order valence-corrected chi connectivity index (χ4v) is 2.92. The van der Waals surface area contributed by atoms with Crippen molar-refractivity contribution in [3.8, 4) is 22.8 Å². The first-order chi connectivity index (χ1) is 11.3. The summed E-state index contributed by atoms with van der Waals surface area (Å²) in [6.07, 6.45) is 0. The summed E-state index contributed by atoms with van der Waals surface area (Å²) in [5.41, 5.74) is 1.74. The number of rotatable bonds is 3. The van der Waals surface area contributed by atoms with Gasteiger partial charge in [0.15, 0.2) is 0 Å². The van der Waals surface area contributed by atoms with Gasteiger partial charge in [0.2, 0.25) is 0 Å². The largest absolute Gasteiger partial charge is 0.457 e. The van der Waals surface area contributed by atoms with E-state index >= 15 is 0 Å². The highest BCUT2D eigenvalue weighted by molar-refractivity contribution is 7.13. The van der Waals surface area contributed by atoms with Crippen molar-refractivity contribution in [2.45, 2.75) is 0 Å². The summed E-state index contributed by atoms with van der Waals surface area (Å²) in [6, 6.07) is 17.0. The van der Waals surface area contributed by atoms with Crippen molar-refractivity contribution in [1.82, 2.24) is 19.8 Å². The summed E-state index contributed by atoms with van der Waals surface area (Å²) < 4.78 is 10.5. The number of hydrogen-bond donors (Lipinski definition) is 1. The zero-order valence-electron chi connectivity index (χ0n) is 11.8. The van der Waals surface area contributed by atoms with E-state index in [2.05, 4.69) is 19.8 Å². The highest BCUT2D eigenvalue weighted by atomic mass is 32.1. The van der Waals surface area contributed by atoms with E-state index in [4.69, 9.17) is 4.74 Å². The number of nitrogens with one attached hydrogen (secondary N) is 1. The topological polar surface area (TPSA) is 80.8 Å². The second-order valence-electron chi connectivity index (χ2n) is 4.79. The number of fused-ring (bicyclic) bond motifs is 1. The molecule has 2 heterocycles. The third-order valence-electron chi connectivity index (χ3n) is 3.28. The van der Waals surface area contributed by atoms with Gasteiger partial charge in [-0.1, -0.05) is 23.4 Å². The Morgan fingerprint density at radius 1 is 0.957 bits per heavy atom. The molecule has 4 aromatic rings. The summed E-state index contributed by atoms with van der Waals surface area (Å²) in [5, 5.41) is 9.89. The number of H-pyrrole nitrogens is 1. The van der Waals surface area contributed by atoms with Crippen molar-refractivity contribution in [3.63, 3.8) is 0 Å². The molecule has 23 heavy (non-hydrogen) atoms. The lowest BCUT2D eigenvalue weighted by Gasteiger charge is -2.05. The Hall–Kier alpha value is -3.06. The molecule has 0 unspecified atom stereocenters. The van der Waals surface area contributed by atoms with E-state index in [1.54, 1.807) is 0 Å². The molecular weight excluding hydrogens is 312 g/mol. The number of benzene rings is 2. The minimum Gasteiger partial charge on any atom is -0.457 e. The van der Waals surface area contributed by atoms with Crippen molar-refractivity contribution < 1.29 is 4.74 Å². The van der Waals surface area contributed by atoms with Crippen LogP contribution in [0, 0.1) is 0 Å². The zero-order chi connectivity index (χ0) is 15.6.